The van der Waals surface area contributed by atoms with Crippen LogP contribution in [0.2, 0.25) is 0 Å². The fourth-order valence-corrected chi connectivity index (χ4v) is 1.47. The lowest BCUT2D eigenvalue weighted by molar-refractivity contribution is 0.0747. The highest BCUT2D eigenvalue weighted by Crippen LogP contribution is 2.24. The minimum absolute atomic E-state index is 0.724. The second kappa shape index (κ2) is 2.75. The van der Waals surface area contributed by atoms with Crippen molar-refractivity contribution in [1.82, 2.24) is 4.98 Å². The molecule has 0 bridgehead atoms. The molecule has 0 aliphatic carbocycles. The number of H-pyrrole nitrogens is 1. The third-order valence-electron chi connectivity index (χ3n) is 2.31. The van der Waals surface area contributed by atoms with Crippen LogP contribution in [0.1, 0.15) is 19.5 Å². The molecule has 3 nitrogen and oxygen atoms in total. The first-order chi connectivity index (χ1) is 6.47. The van der Waals surface area contributed by atoms with E-state index < -0.39 is 5.60 Å². The van der Waals surface area contributed by atoms with E-state index in [1.54, 1.807) is 13.8 Å². The number of hydrogen-bond donors (Lipinski definition) is 3. The maximum absolute atomic E-state index is 9.80. The molecule has 0 saturated heterocycles. The maximum atomic E-state index is 9.80. The number of benzene rings is 1. The van der Waals surface area contributed by atoms with Crippen LogP contribution in [-0.4, -0.2) is 10.1 Å². The van der Waals surface area contributed by atoms with E-state index in [9.17, 15) is 5.11 Å². The lowest BCUT2D eigenvalue weighted by Gasteiger charge is -2.14. The average molecular weight is 190 g/mol. The third kappa shape index (κ3) is 1.46. The predicted octanol–water partition coefficient (Wildman–Crippen LogP) is 1.98. The number of aliphatic hydroxyl groups is 1. The molecule has 0 atom stereocenters. The van der Waals surface area contributed by atoms with E-state index in [1.807, 2.05) is 24.3 Å². The molecule has 1 heterocycles. The zero-order valence-electron chi connectivity index (χ0n) is 8.33. The first kappa shape index (κ1) is 9.09. The normalized spacial score (nSPS) is 12.2. The first-order valence-electron chi connectivity index (χ1n) is 4.58. The van der Waals surface area contributed by atoms with Crippen molar-refractivity contribution in [3.8, 4) is 0 Å². The SMILES string of the molecule is CC(C)(O)c1cc2ccc(N)cc2[nH]1. The lowest BCUT2D eigenvalue weighted by atomic mass is 10.1. The van der Waals surface area contributed by atoms with Gasteiger partial charge in [-0.05, 0) is 37.4 Å². The molecule has 0 fully saturated rings. The topological polar surface area (TPSA) is 62.0 Å². The number of aromatic amines is 1. The van der Waals surface area contributed by atoms with E-state index in [-0.39, 0.29) is 0 Å². The van der Waals surface area contributed by atoms with Crippen LogP contribution < -0.4 is 5.73 Å². The number of anilines is 1. The van der Waals surface area contributed by atoms with Gasteiger partial charge in [0.2, 0.25) is 0 Å². The van der Waals surface area contributed by atoms with Crippen LogP contribution in [0.3, 0.4) is 0 Å². The molecule has 0 unspecified atom stereocenters. The summed E-state index contributed by atoms with van der Waals surface area (Å²) in [5.74, 6) is 0. The second-order valence-corrected chi connectivity index (χ2v) is 4.09. The van der Waals surface area contributed by atoms with Gasteiger partial charge in [0.15, 0.2) is 0 Å². The molecular formula is C11H14N2O. The van der Waals surface area contributed by atoms with Crippen molar-refractivity contribution in [3.05, 3.63) is 30.0 Å². The summed E-state index contributed by atoms with van der Waals surface area (Å²) in [6.45, 7) is 3.50. The monoisotopic (exact) mass is 190 g/mol. The molecule has 1 aromatic carbocycles. The van der Waals surface area contributed by atoms with Crippen LogP contribution in [0.5, 0.6) is 0 Å². The molecule has 0 saturated carbocycles. The Morgan fingerprint density at radius 1 is 1.29 bits per heavy atom. The largest absolute Gasteiger partial charge is 0.399 e. The summed E-state index contributed by atoms with van der Waals surface area (Å²) in [6.07, 6.45) is 0. The van der Waals surface area contributed by atoms with Crippen molar-refractivity contribution in [2.24, 2.45) is 0 Å². The summed E-state index contributed by atoms with van der Waals surface area (Å²) in [5, 5.41) is 10.9. The molecular weight excluding hydrogens is 176 g/mol. The zero-order valence-corrected chi connectivity index (χ0v) is 8.33. The minimum Gasteiger partial charge on any atom is -0.399 e. The third-order valence-corrected chi connectivity index (χ3v) is 2.31. The molecule has 14 heavy (non-hydrogen) atoms. The Hall–Kier alpha value is -1.48. The van der Waals surface area contributed by atoms with Gasteiger partial charge >= 0.3 is 0 Å². The van der Waals surface area contributed by atoms with Crippen molar-refractivity contribution < 1.29 is 5.11 Å². The molecule has 74 valence electrons. The Balaban J connectivity index is 2.63. The molecule has 2 aromatic rings. The summed E-state index contributed by atoms with van der Waals surface area (Å²) in [5.41, 5.74) is 7.31. The smallest absolute Gasteiger partial charge is 0.0987 e. The zero-order chi connectivity index (χ0) is 10.3. The van der Waals surface area contributed by atoms with Crippen LogP contribution in [0.25, 0.3) is 10.9 Å². The van der Waals surface area contributed by atoms with E-state index in [0.29, 0.717) is 0 Å². The number of nitrogens with two attached hydrogens (primary N) is 1. The predicted molar refractivity (Wildman–Crippen MR) is 58.0 cm³/mol. The molecule has 4 N–H and O–H groups in total. The van der Waals surface area contributed by atoms with Crippen molar-refractivity contribution in [2.45, 2.75) is 19.4 Å². The molecule has 3 heteroatoms. The van der Waals surface area contributed by atoms with E-state index in [2.05, 4.69) is 4.98 Å². The van der Waals surface area contributed by atoms with Gasteiger partial charge in [0.1, 0.15) is 0 Å². The summed E-state index contributed by atoms with van der Waals surface area (Å²) >= 11 is 0. The second-order valence-electron chi connectivity index (χ2n) is 4.09. The Labute approximate surface area is 82.6 Å². The summed E-state index contributed by atoms with van der Waals surface area (Å²) in [4.78, 5) is 3.15. The van der Waals surface area contributed by atoms with Gasteiger partial charge in [-0.3, -0.25) is 0 Å². The first-order valence-corrected chi connectivity index (χ1v) is 4.58. The van der Waals surface area contributed by atoms with Crippen LogP contribution in [0.4, 0.5) is 5.69 Å². The minimum atomic E-state index is -0.840. The van der Waals surface area contributed by atoms with Crippen LogP contribution in [0, 0.1) is 0 Å². The fraction of sp³-hybridized carbons (Fsp3) is 0.273. The van der Waals surface area contributed by atoms with Gasteiger partial charge in [0.05, 0.1) is 5.60 Å². The Morgan fingerprint density at radius 3 is 2.64 bits per heavy atom. The number of nitrogen functional groups attached to an aromatic ring is 1. The van der Waals surface area contributed by atoms with E-state index in [0.717, 1.165) is 22.3 Å². The van der Waals surface area contributed by atoms with Crippen molar-refractivity contribution >= 4 is 16.6 Å². The van der Waals surface area contributed by atoms with Gasteiger partial charge in [-0.2, -0.15) is 0 Å². The Morgan fingerprint density at radius 2 is 2.00 bits per heavy atom. The molecule has 0 radical (unpaired) electrons. The van der Waals surface area contributed by atoms with Gasteiger partial charge in [-0.1, -0.05) is 6.07 Å². The maximum Gasteiger partial charge on any atom is 0.0987 e. The summed E-state index contributed by atoms with van der Waals surface area (Å²) in [6, 6.07) is 7.60. The van der Waals surface area contributed by atoms with Crippen LogP contribution in [0.15, 0.2) is 24.3 Å². The molecule has 0 aliphatic rings. The van der Waals surface area contributed by atoms with Crippen LogP contribution in [-0.2, 0) is 5.60 Å². The van der Waals surface area contributed by atoms with E-state index >= 15 is 0 Å². The average Bonchev–Trinajstić information content (AvgIpc) is 2.45. The standard InChI is InChI=1S/C11H14N2O/c1-11(2,14)10-5-7-3-4-8(12)6-9(7)13-10/h3-6,13-14H,12H2,1-2H3. The van der Waals surface area contributed by atoms with Gasteiger partial charge in [-0.15, -0.1) is 0 Å². The number of aromatic nitrogens is 1. The van der Waals surface area contributed by atoms with Crippen molar-refractivity contribution in [2.75, 3.05) is 5.73 Å². The Kier molecular flexibility index (Phi) is 1.79. The molecule has 0 aliphatic heterocycles. The van der Waals surface area contributed by atoms with E-state index in [1.165, 1.54) is 0 Å². The molecule has 0 amide bonds. The number of fused-ring (bicyclic) bond motifs is 1. The highest BCUT2D eigenvalue weighted by Gasteiger charge is 2.18. The van der Waals surface area contributed by atoms with Crippen molar-refractivity contribution in [3.63, 3.8) is 0 Å². The number of nitrogens with one attached hydrogen (secondary N) is 1. The lowest BCUT2D eigenvalue weighted by Crippen LogP contribution is -2.15. The highest BCUT2D eigenvalue weighted by atomic mass is 16.3. The van der Waals surface area contributed by atoms with Gasteiger partial charge in [0, 0.05) is 16.9 Å². The van der Waals surface area contributed by atoms with Crippen molar-refractivity contribution in [1.29, 1.82) is 0 Å². The van der Waals surface area contributed by atoms with E-state index in [4.69, 9.17) is 5.73 Å². The highest BCUT2D eigenvalue weighted by molar-refractivity contribution is 5.83. The Bertz CT molecular complexity index is 466. The van der Waals surface area contributed by atoms with Crippen LogP contribution >= 0.6 is 0 Å². The molecule has 1 aromatic heterocycles. The fourth-order valence-electron chi connectivity index (χ4n) is 1.47. The summed E-state index contributed by atoms with van der Waals surface area (Å²) in [7, 11) is 0. The van der Waals surface area contributed by atoms with Gasteiger partial charge in [-0.25, -0.2) is 0 Å². The molecule has 0 spiro atoms. The molecule has 2 rings (SSSR count). The van der Waals surface area contributed by atoms with Gasteiger partial charge < -0.3 is 15.8 Å². The summed E-state index contributed by atoms with van der Waals surface area (Å²) < 4.78 is 0. The van der Waals surface area contributed by atoms with Gasteiger partial charge in [0.25, 0.3) is 0 Å². The quantitative estimate of drug-likeness (QED) is 0.602. The number of rotatable bonds is 1. The number of hydrogen-bond acceptors (Lipinski definition) is 2.